The second kappa shape index (κ2) is 11.8. The maximum Gasteiger partial charge on any atom is 0.407 e. The van der Waals surface area contributed by atoms with E-state index in [1.807, 2.05) is 95.9 Å². The van der Waals surface area contributed by atoms with Gasteiger partial charge in [0, 0.05) is 24.1 Å². The van der Waals surface area contributed by atoms with Gasteiger partial charge >= 0.3 is 6.09 Å². The van der Waals surface area contributed by atoms with Crippen molar-refractivity contribution in [3.63, 3.8) is 0 Å². The van der Waals surface area contributed by atoms with E-state index in [2.05, 4.69) is 19.2 Å². The number of carbonyl (C=O) groups excluding carboxylic acids is 2. The molecule has 0 spiro atoms. The third-order valence-electron chi connectivity index (χ3n) is 6.68. The third-order valence-corrected chi connectivity index (χ3v) is 6.68. The van der Waals surface area contributed by atoms with Crippen LogP contribution in [0.15, 0.2) is 96.6 Å². The number of likely N-dealkylation sites (tertiary alicyclic amines) is 1. The standard InChI is InChI=1S/C31H34N2O4/c1-31(2)20-26(29(34)33(31)21-23-14-17-27(36-3)18-15-23)16-19-28(25-12-8-5-9-13-25)32-30(35)37-22-24-10-6-4-7-11-24/h4-18,28H,19-22H2,1-3H3,(H,32,35). The van der Waals surface area contributed by atoms with Crippen LogP contribution in [0, 0.1) is 0 Å². The van der Waals surface area contributed by atoms with Gasteiger partial charge in [0.15, 0.2) is 0 Å². The minimum Gasteiger partial charge on any atom is -0.497 e. The zero-order chi connectivity index (χ0) is 26.3. The molecule has 3 aromatic rings. The predicted molar refractivity (Wildman–Crippen MR) is 144 cm³/mol. The van der Waals surface area contributed by atoms with Crippen molar-refractivity contribution in [2.45, 2.75) is 51.4 Å². The number of hydrogen-bond donors (Lipinski definition) is 1. The molecule has 1 N–H and O–H groups in total. The van der Waals surface area contributed by atoms with Crippen molar-refractivity contribution in [3.05, 3.63) is 113 Å². The van der Waals surface area contributed by atoms with Gasteiger partial charge in [-0.05, 0) is 49.1 Å². The quantitative estimate of drug-likeness (QED) is 0.357. The molecule has 0 bridgehead atoms. The van der Waals surface area contributed by atoms with Gasteiger partial charge in [0.2, 0.25) is 5.91 Å². The van der Waals surface area contributed by atoms with Crippen molar-refractivity contribution in [2.24, 2.45) is 0 Å². The van der Waals surface area contributed by atoms with Gasteiger partial charge in [-0.1, -0.05) is 78.9 Å². The topological polar surface area (TPSA) is 67.9 Å². The highest BCUT2D eigenvalue weighted by molar-refractivity contribution is 5.96. The highest BCUT2D eigenvalue weighted by Gasteiger charge is 2.41. The first kappa shape index (κ1) is 26.0. The Balaban J connectivity index is 1.45. The molecule has 4 rings (SSSR count). The minimum atomic E-state index is -0.490. The van der Waals surface area contributed by atoms with Gasteiger partial charge in [0.1, 0.15) is 12.4 Å². The summed E-state index contributed by atoms with van der Waals surface area (Å²) in [6.45, 7) is 4.90. The van der Waals surface area contributed by atoms with Crippen LogP contribution in [0.25, 0.3) is 0 Å². The summed E-state index contributed by atoms with van der Waals surface area (Å²) in [7, 11) is 1.64. The molecule has 1 atom stereocenters. The predicted octanol–water partition coefficient (Wildman–Crippen LogP) is 6.19. The first-order valence-electron chi connectivity index (χ1n) is 12.5. The highest BCUT2D eigenvalue weighted by Crippen LogP contribution is 2.35. The fourth-order valence-electron chi connectivity index (χ4n) is 4.58. The summed E-state index contributed by atoms with van der Waals surface area (Å²) in [5, 5.41) is 2.98. The summed E-state index contributed by atoms with van der Waals surface area (Å²) in [5.74, 6) is 0.817. The Morgan fingerprint density at radius 1 is 0.973 bits per heavy atom. The number of methoxy groups -OCH3 is 1. The summed E-state index contributed by atoms with van der Waals surface area (Å²) in [6, 6.07) is 26.8. The van der Waals surface area contributed by atoms with E-state index >= 15 is 0 Å². The molecule has 1 fully saturated rings. The number of ether oxygens (including phenoxy) is 2. The lowest BCUT2D eigenvalue weighted by Gasteiger charge is -2.31. The summed E-state index contributed by atoms with van der Waals surface area (Å²) < 4.78 is 10.7. The van der Waals surface area contributed by atoms with Gasteiger partial charge in [-0.3, -0.25) is 4.79 Å². The Kier molecular flexibility index (Phi) is 8.29. The van der Waals surface area contributed by atoms with E-state index in [1.165, 1.54) is 0 Å². The number of nitrogens with zero attached hydrogens (tertiary/aromatic N) is 1. The summed E-state index contributed by atoms with van der Waals surface area (Å²) in [4.78, 5) is 27.9. The summed E-state index contributed by atoms with van der Waals surface area (Å²) in [6.07, 6.45) is 2.60. The number of alkyl carbamates (subject to hydrolysis) is 1. The lowest BCUT2D eigenvalue weighted by atomic mass is 9.97. The molecule has 1 saturated heterocycles. The maximum absolute atomic E-state index is 13.4. The number of rotatable bonds is 9. The molecule has 2 amide bonds. The van der Waals surface area contributed by atoms with Crippen LogP contribution in [0.1, 0.15) is 49.4 Å². The summed E-state index contributed by atoms with van der Waals surface area (Å²) >= 11 is 0. The lowest BCUT2D eigenvalue weighted by Crippen LogP contribution is -2.40. The van der Waals surface area contributed by atoms with E-state index < -0.39 is 6.09 Å². The largest absolute Gasteiger partial charge is 0.497 e. The van der Waals surface area contributed by atoms with Crippen LogP contribution in [-0.2, 0) is 22.7 Å². The van der Waals surface area contributed by atoms with Crippen LogP contribution in [0.2, 0.25) is 0 Å². The third kappa shape index (κ3) is 6.79. The second-order valence-electron chi connectivity index (χ2n) is 9.86. The summed E-state index contributed by atoms with van der Waals surface area (Å²) in [5.41, 5.74) is 3.38. The molecule has 6 heteroatoms. The molecular weight excluding hydrogens is 464 g/mol. The molecule has 1 aliphatic rings. The first-order chi connectivity index (χ1) is 17.9. The number of hydrogen-bond acceptors (Lipinski definition) is 4. The number of amides is 2. The average molecular weight is 499 g/mol. The average Bonchev–Trinajstić information content (AvgIpc) is 3.14. The molecule has 1 heterocycles. The number of benzene rings is 3. The molecule has 0 saturated carbocycles. The van der Waals surface area contributed by atoms with Crippen molar-refractivity contribution in [1.82, 2.24) is 10.2 Å². The lowest BCUT2D eigenvalue weighted by molar-refractivity contribution is -0.128. The van der Waals surface area contributed by atoms with Gasteiger partial charge in [-0.25, -0.2) is 4.79 Å². The Bertz CT molecular complexity index is 1220. The van der Waals surface area contributed by atoms with Gasteiger partial charge in [-0.15, -0.1) is 0 Å². The van der Waals surface area contributed by atoms with Crippen LogP contribution >= 0.6 is 0 Å². The molecule has 6 nitrogen and oxygen atoms in total. The van der Waals surface area contributed by atoms with Crippen molar-refractivity contribution in [2.75, 3.05) is 7.11 Å². The van der Waals surface area contributed by atoms with Crippen LogP contribution in [-0.4, -0.2) is 29.5 Å². The van der Waals surface area contributed by atoms with Gasteiger partial charge in [-0.2, -0.15) is 0 Å². The molecule has 0 aliphatic carbocycles. The monoisotopic (exact) mass is 498 g/mol. The second-order valence-corrected chi connectivity index (χ2v) is 9.86. The zero-order valence-corrected chi connectivity index (χ0v) is 21.6. The van der Waals surface area contributed by atoms with E-state index in [9.17, 15) is 9.59 Å². The van der Waals surface area contributed by atoms with Crippen molar-refractivity contribution < 1.29 is 19.1 Å². The fourth-order valence-corrected chi connectivity index (χ4v) is 4.58. The number of carbonyl (C=O) groups is 2. The fraction of sp³-hybridized carbons (Fsp3) is 0.290. The molecule has 1 unspecified atom stereocenters. The van der Waals surface area contributed by atoms with Crippen molar-refractivity contribution >= 4 is 12.0 Å². The Labute approximate surface area is 218 Å². The van der Waals surface area contributed by atoms with E-state index in [4.69, 9.17) is 9.47 Å². The van der Waals surface area contributed by atoms with Crippen molar-refractivity contribution in [3.8, 4) is 5.75 Å². The van der Waals surface area contributed by atoms with Gasteiger partial charge in [0.25, 0.3) is 0 Å². The molecule has 37 heavy (non-hydrogen) atoms. The zero-order valence-electron chi connectivity index (χ0n) is 21.6. The van der Waals surface area contributed by atoms with Gasteiger partial charge < -0.3 is 19.7 Å². The molecule has 3 aromatic carbocycles. The first-order valence-corrected chi connectivity index (χ1v) is 12.5. The molecular formula is C31H34N2O4. The smallest absolute Gasteiger partial charge is 0.407 e. The molecule has 1 aliphatic heterocycles. The van der Waals surface area contributed by atoms with Crippen molar-refractivity contribution in [1.29, 1.82) is 0 Å². The van der Waals surface area contributed by atoms with Crippen LogP contribution in [0.5, 0.6) is 5.75 Å². The Hall–Kier alpha value is -4.06. The van der Waals surface area contributed by atoms with E-state index in [0.29, 0.717) is 19.4 Å². The van der Waals surface area contributed by atoms with Crippen LogP contribution in [0.4, 0.5) is 4.79 Å². The van der Waals surface area contributed by atoms with Gasteiger partial charge in [0.05, 0.1) is 13.2 Å². The SMILES string of the molecule is COc1ccc(CN2C(=O)C(=CCC(NC(=O)OCc3ccccc3)c3ccccc3)CC2(C)C)cc1. The highest BCUT2D eigenvalue weighted by atomic mass is 16.5. The van der Waals surface area contributed by atoms with E-state index in [1.54, 1.807) is 7.11 Å². The molecule has 0 aromatic heterocycles. The molecule has 0 radical (unpaired) electrons. The van der Waals surface area contributed by atoms with Crippen LogP contribution < -0.4 is 10.1 Å². The normalized spacial score (nSPS) is 16.5. The van der Waals surface area contributed by atoms with E-state index in [0.717, 1.165) is 28.0 Å². The maximum atomic E-state index is 13.4. The number of nitrogens with one attached hydrogen (secondary N) is 1. The van der Waals surface area contributed by atoms with E-state index in [-0.39, 0.29) is 24.1 Å². The molecule has 192 valence electrons. The van der Waals surface area contributed by atoms with Crippen LogP contribution in [0.3, 0.4) is 0 Å². The Morgan fingerprint density at radius 2 is 1.62 bits per heavy atom. The Morgan fingerprint density at radius 3 is 2.27 bits per heavy atom. The minimum absolute atomic E-state index is 0.0271.